The summed E-state index contributed by atoms with van der Waals surface area (Å²) in [5.41, 5.74) is 3.25. The molecule has 1 N–H and O–H groups in total. The molecule has 0 radical (unpaired) electrons. The Morgan fingerprint density at radius 3 is 2.76 bits per heavy atom. The van der Waals surface area contributed by atoms with E-state index in [0.29, 0.717) is 6.54 Å². The zero-order valence-corrected chi connectivity index (χ0v) is 10.1. The van der Waals surface area contributed by atoms with Crippen LogP contribution in [0.1, 0.15) is 23.9 Å². The highest BCUT2D eigenvalue weighted by Gasteiger charge is 2.01. The fourth-order valence-electron chi connectivity index (χ4n) is 1.62. The first-order valence-corrected chi connectivity index (χ1v) is 5.76. The minimum absolute atomic E-state index is 0.682. The second-order valence-electron chi connectivity index (χ2n) is 3.88. The molecule has 4 nitrogen and oxygen atoms in total. The van der Waals surface area contributed by atoms with E-state index in [9.17, 15) is 0 Å². The summed E-state index contributed by atoms with van der Waals surface area (Å²) in [6.45, 7) is 4.73. The van der Waals surface area contributed by atoms with E-state index in [1.807, 2.05) is 31.3 Å². The van der Waals surface area contributed by atoms with Gasteiger partial charge in [0.25, 0.3) is 0 Å². The highest BCUT2D eigenvalue weighted by molar-refractivity contribution is 5.34. The molecular formula is C13H16N4. The van der Waals surface area contributed by atoms with Gasteiger partial charge in [0, 0.05) is 6.20 Å². The van der Waals surface area contributed by atoms with E-state index in [1.165, 1.54) is 5.56 Å². The maximum Gasteiger partial charge on any atom is 0.148 e. The molecule has 88 valence electrons. The van der Waals surface area contributed by atoms with Crippen LogP contribution in [0.5, 0.6) is 0 Å². The summed E-state index contributed by atoms with van der Waals surface area (Å²) in [6.07, 6.45) is 2.81. The molecule has 2 heterocycles. The highest BCUT2D eigenvalue weighted by Crippen LogP contribution is 2.09. The zero-order chi connectivity index (χ0) is 12.1. The van der Waals surface area contributed by atoms with E-state index in [1.54, 1.807) is 0 Å². The van der Waals surface area contributed by atoms with Gasteiger partial charge in [0.1, 0.15) is 5.82 Å². The van der Waals surface area contributed by atoms with Crippen molar-refractivity contribution in [3.63, 3.8) is 0 Å². The number of nitrogens with one attached hydrogen (secondary N) is 1. The summed E-state index contributed by atoms with van der Waals surface area (Å²) in [4.78, 5) is 4.37. The number of aromatic nitrogens is 3. The maximum absolute atomic E-state index is 4.37. The first-order chi connectivity index (χ1) is 8.29. The van der Waals surface area contributed by atoms with Gasteiger partial charge < -0.3 is 5.32 Å². The lowest BCUT2D eigenvalue weighted by Crippen LogP contribution is -2.06. The molecule has 0 fully saturated rings. The Kier molecular flexibility index (Phi) is 3.65. The number of nitrogens with zero attached hydrogens (tertiary/aromatic N) is 3. The number of aryl methyl sites for hydroxylation is 2. The topological polar surface area (TPSA) is 50.7 Å². The van der Waals surface area contributed by atoms with Gasteiger partial charge in [0.05, 0.1) is 17.9 Å². The highest BCUT2D eigenvalue weighted by atomic mass is 15.2. The summed E-state index contributed by atoms with van der Waals surface area (Å²) in [7, 11) is 0. The second kappa shape index (κ2) is 5.39. The molecule has 0 amide bonds. The minimum Gasteiger partial charge on any atom is -0.363 e. The molecule has 0 bridgehead atoms. The largest absolute Gasteiger partial charge is 0.363 e. The molecule has 0 aromatic carbocycles. The Balaban J connectivity index is 2.04. The van der Waals surface area contributed by atoms with E-state index in [2.05, 4.69) is 33.5 Å². The fourth-order valence-corrected chi connectivity index (χ4v) is 1.62. The molecule has 4 heteroatoms. The molecule has 0 aliphatic carbocycles. The van der Waals surface area contributed by atoms with Gasteiger partial charge in [0.2, 0.25) is 0 Å². The number of hydrogen-bond acceptors (Lipinski definition) is 4. The van der Waals surface area contributed by atoms with Crippen LogP contribution >= 0.6 is 0 Å². The van der Waals surface area contributed by atoms with E-state index >= 15 is 0 Å². The Morgan fingerprint density at radius 2 is 2.06 bits per heavy atom. The predicted molar refractivity (Wildman–Crippen MR) is 67.7 cm³/mol. The van der Waals surface area contributed by atoms with Crippen LogP contribution < -0.4 is 5.32 Å². The first kappa shape index (κ1) is 11.5. The standard InChI is InChI=1S/C13H16N4/c1-3-11-5-4-8-14-12(11)9-15-13-7-6-10(2)16-17-13/h4-8H,3,9H2,1-2H3,(H,15,17). The average molecular weight is 228 g/mol. The van der Waals surface area contributed by atoms with Crippen LogP contribution in [0.4, 0.5) is 5.82 Å². The third-order valence-electron chi connectivity index (χ3n) is 2.60. The van der Waals surface area contributed by atoms with Crippen LogP contribution in [0.25, 0.3) is 0 Å². The van der Waals surface area contributed by atoms with Gasteiger partial charge in [-0.2, -0.15) is 5.10 Å². The van der Waals surface area contributed by atoms with Gasteiger partial charge in [0.15, 0.2) is 0 Å². The third kappa shape index (κ3) is 3.00. The summed E-state index contributed by atoms with van der Waals surface area (Å²) in [5, 5.41) is 11.3. The predicted octanol–water partition coefficient (Wildman–Crippen LogP) is 2.35. The third-order valence-corrected chi connectivity index (χ3v) is 2.60. The Bertz CT molecular complexity index is 479. The van der Waals surface area contributed by atoms with E-state index in [0.717, 1.165) is 23.6 Å². The van der Waals surface area contributed by atoms with Gasteiger partial charge in [-0.1, -0.05) is 13.0 Å². The number of hydrogen-bond donors (Lipinski definition) is 1. The van der Waals surface area contributed by atoms with Crippen molar-refractivity contribution >= 4 is 5.82 Å². The number of rotatable bonds is 4. The normalized spacial score (nSPS) is 10.2. The van der Waals surface area contributed by atoms with Crippen molar-refractivity contribution in [1.82, 2.24) is 15.2 Å². The molecular weight excluding hydrogens is 212 g/mol. The van der Waals surface area contributed by atoms with Gasteiger partial charge in [-0.05, 0) is 37.1 Å². The van der Waals surface area contributed by atoms with E-state index in [4.69, 9.17) is 0 Å². The molecule has 0 aliphatic rings. The van der Waals surface area contributed by atoms with E-state index in [-0.39, 0.29) is 0 Å². The lowest BCUT2D eigenvalue weighted by molar-refractivity contribution is 0.931. The molecule has 0 saturated heterocycles. The minimum atomic E-state index is 0.682. The fraction of sp³-hybridized carbons (Fsp3) is 0.308. The number of anilines is 1. The summed E-state index contributed by atoms with van der Waals surface area (Å²) in [6, 6.07) is 7.93. The maximum atomic E-state index is 4.37. The Hall–Kier alpha value is -1.97. The smallest absolute Gasteiger partial charge is 0.148 e. The Labute approximate surface area is 101 Å². The second-order valence-corrected chi connectivity index (χ2v) is 3.88. The molecule has 0 atom stereocenters. The van der Waals surface area contributed by atoms with Crippen molar-refractivity contribution in [2.45, 2.75) is 26.8 Å². The number of pyridine rings is 1. The van der Waals surface area contributed by atoms with Gasteiger partial charge >= 0.3 is 0 Å². The van der Waals surface area contributed by atoms with Crippen molar-refractivity contribution in [2.24, 2.45) is 0 Å². The summed E-state index contributed by atoms with van der Waals surface area (Å²) in [5.74, 6) is 0.781. The molecule has 2 aromatic rings. The zero-order valence-electron chi connectivity index (χ0n) is 10.1. The van der Waals surface area contributed by atoms with E-state index < -0.39 is 0 Å². The molecule has 0 saturated carbocycles. The Morgan fingerprint density at radius 1 is 1.18 bits per heavy atom. The van der Waals surface area contributed by atoms with Gasteiger partial charge in [-0.15, -0.1) is 5.10 Å². The van der Waals surface area contributed by atoms with Gasteiger partial charge in [-0.25, -0.2) is 0 Å². The molecule has 2 rings (SSSR count). The van der Waals surface area contributed by atoms with Crippen molar-refractivity contribution in [1.29, 1.82) is 0 Å². The van der Waals surface area contributed by atoms with Crippen molar-refractivity contribution in [2.75, 3.05) is 5.32 Å². The quantitative estimate of drug-likeness (QED) is 0.872. The molecule has 0 unspecified atom stereocenters. The van der Waals surface area contributed by atoms with Crippen LogP contribution in [-0.4, -0.2) is 15.2 Å². The lowest BCUT2D eigenvalue weighted by atomic mass is 10.1. The van der Waals surface area contributed by atoms with Crippen LogP contribution in [0.2, 0.25) is 0 Å². The van der Waals surface area contributed by atoms with Crippen molar-refractivity contribution in [3.05, 3.63) is 47.4 Å². The monoisotopic (exact) mass is 228 g/mol. The summed E-state index contributed by atoms with van der Waals surface area (Å²) < 4.78 is 0. The van der Waals surface area contributed by atoms with Crippen LogP contribution in [-0.2, 0) is 13.0 Å². The lowest BCUT2D eigenvalue weighted by Gasteiger charge is -2.08. The molecule has 2 aromatic heterocycles. The SMILES string of the molecule is CCc1cccnc1CNc1ccc(C)nn1. The molecule has 0 aliphatic heterocycles. The van der Waals surface area contributed by atoms with Crippen molar-refractivity contribution < 1.29 is 0 Å². The van der Waals surface area contributed by atoms with Crippen LogP contribution in [0, 0.1) is 6.92 Å². The molecule has 0 spiro atoms. The van der Waals surface area contributed by atoms with Crippen molar-refractivity contribution in [3.8, 4) is 0 Å². The average Bonchev–Trinajstić information content (AvgIpc) is 2.38. The first-order valence-electron chi connectivity index (χ1n) is 5.76. The van der Waals surface area contributed by atoms with Crippen LogP contribution in [0.15, 0.2) is 30.5 Å². The summed E-state index contributed by atoms with van der Waals surface area (Å²) >= 11 is 0. The van der Waals surface area contributed by atoms with Gasteiger partial charge in [-0.3, -0.25) is 4.98 Å². The van der Waals surface area contributed by atoms with Crippen LogP contribution in [0.3, 0.4) is 0 Å². The molecule has 17 heavy (non-hydrogen) atoms.